The molecular weight excluding hydrogens is 234 g/mol. The molecule has 0 aliphatic rings. The molecule has 0 bridgehead atoms. The Bertz CT molecular complexity index is 468. The fourth-order valence-corrected chi connectivity index (χ4v) is 1.69. The molecule has 0 saturated heterocycles. The summed E-state index contributed by atoms with van der Waals surface area (Å²) in [5.41, 5.74) is 6.20. The molecule has 0 spiro atoms. The SMILES string of the molecule is CC.Nc1ncc(C(=O)Nc2ccccc2)s1. The van der Waals surface area contributed by atoms with Crippen LogP contribution in [0.4, 0.5) is 10.8 Å². The molecule has 0 fully saturated rings. The first kappa shape index (κ1) is 13.2. The molecule has 1 heterocycles. The minimum Gasteiger partial charge on any atom is -0.375 e. The molecule has 5 heteroatoms. The number of nitrogens with zero attached hydrogens (tertiary/aromatic N) is 1. The van der Waals surface area contributed by atoms with Gasteiger partial charge in [-0.2, -0.15) is 0 Å². The van der Waals surface area contributed by atoms with Crippen molar-refractivity contribution in [1.29, 1.82) is 0 Å². The average molecular weight is 249 g/mol. The lowest BCUT2D eigenvalue weighted by atomic mass is 10.3. The Kier molecular flexibility index (Phi) is 5.16. The van der Waals surface area contributed by atoms with Gasteiger partial charge in [-0.05, 0) is 12.1 Å². The van der Waals surface area contributed by atoms with Gasteiger partial charge in [0.2, 0.25) is 0 Å². The predicted molar refractivity (Wildman–Crippen MR) is 72.3 cm³/mol. The van der Waals surface area contributed by atoms with Crippen LogP contribution in [-0.4, -0.2) is 10.9 Å². The Morgan fingerprint density at radius 3 is 2.47 bits per heavy atom. The topological polar surface area (TPSA) is 68.0 Å². The van der Waals surface area contributed by atoms with Gasteiger partial charge in [0, 0.05) is 5.69 Å². The second-order valence-electron chi connectivity index (χ2n) is 2.88. The monoisotopic (exact) mass is 249 g/mol. The largest absolute Gasteiger partial charge is 0.375 e. The molecule has 4 nitrogen and oxygen atoms in total. The average Bonchev–Trinajstić information content (AvgIpc) is 2.80. The highest BCUT2D eigenvalue weighted by atomic mass is 32.1. The molecule has 0 aliphatic heterocycles. The molecule has 90 valence electrons. The van der Waals surface area contributed by atoms with Crippen molar-refractivity contribution in [2.45, 2.75) is 13.8 Å². The first-order chi connectivity index (χ1) is 8.25. The van der Waals surface area contributed by atoms with Crippen molar-refractivity contribution in [2.75, 3.05) is 11.1 Å². The number of nitrogens with two attached hydrogens (primary N) is 1. The molecule has 1 aromatic heterocycles. The summed E-state index contributed by atoms with van der Waals surface area (Å²) < 4.78 is 0. The van der Waals surface area contributed by atoms with Gasteiger partial charge in [0.15, 0.2) is 5.13 Å². The Morgan fingerprint density at radius 1 is 1.29 bits per heavy atom. The van der Waals surface area contributed by atoms with Crippen LogP contribution in [0.2, 0.25) is 0 Å². The number of amides is 1. The third-order valence-corrected chi connectivity index (χ3v) is 2.60. The maximum Gasteiger partial charge on any atom is 0.267 e. The number of nitrogen functional groups attached to an aromatic ring is 1. The molecule has 1 amide bonds. The molecular formula is C12H15N3OS. The highest BCUT2D eigenvalue weighted by molar-refractivity contribution is 7.17. The molecule has 3 N–H and O–H groups in total. The number of thiazole rings is 1. The summed E-state index contributed by atoms with van der Waals surface area (Å²) in [5, 5.41) is 3.14. The van der Waals surface area contributed by atoms with Crippen molar-refractivity contribution in [1.82, 2.24) is 4.98 Å². The molecule has 0 aliphatic carbocycles. The van der Waals surface area contributed by atoms with E-state index in [1.807, 2.05) is 44.2 Å². The van der Waals surface area contributed by atoms with Crippen LogP contribution in [0.15, 0.2) is 36.5 Å². The third kappa shape index (κ3) is 3.88. The Hall–Kier alpha value is -1.88. The second kappa shape index (κ2) is 6.65. The third-order valence-electron chi connectivity index (χ3n) is 1.78. The van der Waals surface area contributed by atoms with Crippen LogP contribution in [0, 0.1) is 0 Å². The Morgan fingerprint density at radius 2 is 1.94 bits per heavy atom. The lowest BCUT2D eigenvalue weighted by molar-refractivity contribution is 0.103. The van der Waals surface area contributed by atoms with Gasteiger partial charge in [-0.25, -0.2) is 4.98 Å². The second-order valence-corrected chi connectivity index (χ2v) is 3.95. The van der Waals surface area contributed by atoms with Crippen molar-refractivity contribution in [2.24, 2.45) is 0 Å². The van der Waals surface area contributed by atoms with Crippen LogP contribution in [-0.2, 0) is 0 Å². The number of benzene rings is 1. The van der Waals surface area contributed by atoms with Crippen LogP contribution < -0.4 is 11.1 Å². The minimum atomic E-state index is -0.185. The summed E-state index contributed by atoms with van der Waals surface area (Å²) >= 11 is 1.17. The first-order valence-corrected chi connectivity index (χ1v) is 6.15. The van der Waals surface area contributed by atoms with E-state index in [0.717, 1.165) is 5.69 Å². The molecule has 0 atom stereocenters. The fourth-order valence-electron chi connectivity index (χ4n) is 1.11. The zero-order valence-electron chi connectivity index (χ0n) is 9.81. The van der Waals surface area contributed by atoms with Crippen molar-refractivity contribution >= 4 is 28.1 Å². The van der Waals surface area contributed by atoms with Gasteiger partial charge in [0.05, 0.1) is 6.20 Å². The Balaban J connectivity index is 0.000000686. The standard InChI is InChI=1S/C10H9N3OS.C2H6/c11-10-12-6-8(15-10)9(14)13-7-4-2-1-3-5-7;1-2/h1-6H,(H2,11,12)(H,13,14);1-2H3. The van der Waals surface area contributed by atoms with E-state index in [-0.39, 0.29) is 5.91 Å². The number of nitrogens with one attached hydrogen (secondary N) is 1. The number of anilines is 2. The van der Waals surface area contributed by atoms with E-state index in [1.54, 1.807) is 0 Å². The van der Waals surface area contributed by atoms with E-state index in [1.165, 1.54) is 17.5 Å². The number of carbonyl (C=O) groups excluding carboxylic acids is 1. The van der Waals surface area contributed by atoms with Gasteiger partial charge in [0.1, 0.15) is 4.88 Å². The first-order valence-electron chi connectivity index (χ1n) is 5.33. The van der Waals surface area contributed by atoms with Gasteiger partial charge >= 0.3 is 0 Å². The summed E-state index contributed by atoms with van der Waals surface area (Å²) in [6.07, 6.45) is 1.47. The number of hydrogen-bond donors (Lipinski definition) is 2. The van der Waals surface area contributed by atoms with Crippen molar-refractivity contribution in [3.05, 3.63) is 41.4 Å². The van der Waals surface area contributed by atoms with E-state index in [4.69, 9.17) is 5.73 Å². The van der Waals surface area contributed by atoms with E-state index in [2.05, 4.69) is 10.3 Å². The lowest BCUT2D eigenvalue weighted by Gasteiger charge is -2.01. The zero-order chi connectivity index (χ0) is 12.7. The predicted octanol–water partition coefficient (Wildman–Crippen LogP) is 3.00. The van der Waals surface area contributed by atoms with Crippen molar-refractivity contribution in [3.63, 3.8) is 0 Å². The summed E-state index contributed by atoms with van der Waals surface area (Å²) in [6.45, 7) is 4.00. The minimum absolute atomic E-state index is 0.185. The maximum absolute atomic E-state index is 11.6. The van der Waals surface area contributed by atoms with Gasteiger partial charge in [0.25, 0.3) is 5.91 Å². The number of aromatic nitrogens is 1. The molecule has 0 saturated carbocycles. The molecule has 0 unspecified atom stereocenters. The molecule has 2 rings (SSSR count). The molecule has 1 aromatic carbocycles. The zero-order valence-corrected chi connectivity index (χ0v) is 10.6. The normalized spacial score (nSPS) is 9.06. The number of rotatable bonds is 2. The van der Waals surface area contributed by atoms with Gasteiger partial charge in [-0.15, -0.1) is 0 Å². The van der Waals surface area contributed by atoms with Crippen LogP contribution in [0.5, 0.6) is 0 Å². The van der Waals surface area contributed by atoms with Gasteiger partial charge < -0.3 is 11.1 Å². The number of carbonyl (C=O) groups is 1. The fraction of sp³-hybridized carbons (Fsp3) is 0.167. The van der Waals surface area contributed by atoms with E-state index in [9.17, 15) is 4.79 Å². The lowest BCUT2D eigenvalue weighted by Crippen LogP contribution is -2.09. The smallest absolute Gasteiger partial charge is 0.267 e. The van der Waals surface area contributed by atoms with Crippen LogP contribution in [0.25, 0.3) is 0 Å². The van der Waals surface area contributed by atoms with Crippen molar-refractivity contribution in [3.8, 4) is 0 Å². The van der Waals surface area contributed by atoms with E-state index in [0.29, 0.717) is 10.0 Å². The number of para-hydroxylation sites is 1. The number of hydrogen-bond acceptors (Lipinski definition) is 4. The maximum atomic E-state index is 11.6. The molecule has 0 radical (unpaired) electrons. The summed E-state index contributed by atoms with van der Waals surface area (Å²) in [6, 6.07) is 9.25. The van der Waals surface area contributed by atoms with Crippen LogP contribution in [0.1, 0.15) is 23.5 Å². The highest BCUT2D eigenvalue weighted by Gasteiger charge is 2.08. The highest BCUT2D eigenvalue weighted by Crippen LogP contribution is 2.16. The summed E-state index contributed by atoms with van der Waals surface area (Å²) in [4.78, 5) is 16.0. The molecule has 17 heavy (non-hydrogen) atoms. The van der Waals surface area contributed by atoms with E-state index < -0.39 is 0 Å². The van der Waals surface area contributed by atoms with Gasteiger partial charge in [-0.3, -0.25) is 4.79 Å². The van der Waals surface area contributed by atoms with Gasteiger partial charge in [-0.1, -0.05) is 43.4 Å². The van der Waals surface area contributed by atoms with Crippen LogP contribution >= 0.6 is 11.3 Å². The quantitative estimate of drug-likeness (QED) is 0.859. The van der Waals surface area contributed by atoms with Crippen molar-refractivity contribution < 1.29 is 4.79 Å². The molecule has 2 aromatic rings. The van der Waals surface area contributed by atoms with Crippen LogP contribution in [0.3, 0.4) is 0 Å². The summed E-state index contributed by atoms with van der Waals surface area (Å²) in [5.74, 6) is -0.185. The van der Waals surface area contributed by atoms with E-state index >= 15 is 0 Å². The Labute approximate surface area is 105 Å². The summed E-state index contributed by atoms with van der Waals surface area (Å²) in [7, 11) is 0.